The van der Waals surface area contributed by atoms with Crippen molar-refractivity contribution in [3.8, 4) is 0 Å². The lowest BCUT2D eigenvalue weighted by Crippen LogP contribution is -2.37. The summed E-state index contributed by atoms with van der Waals surface area (Å²) in [5.41, 5.74) is 1.96. The van der Waals surface area contributed by atoms with Crippen LogP contribution in [0.25, 0.3) is 0 Å². The number of ether oxygens (including phenoxy) is 1. The number of aryl methyl sites for hydroxylation is 1. The molecular weight excluding hydrogens is 238 g/mol. The fourth-order valence-electron chi connectivity index (χ4n) is 1.94. The molecule has 0 heterocycles. The SMILES string of the molecule is Cc1ccc(CN(C(=O)OC(C)(C)C)C2CC2)cc1. The van der Waals surface area contributed by atoms with Gasteiger partial charge in [-0.25, -0.2) is 4.79 Å². The van der Waals surface area contributed by atoms with Gasteiger partial charge >= 0.3 is 6.09 Å². The standard InChI is InChI=1S/C16H23NO2/c1-12-5-7-13(8-6-12)11-17(14-9-10-14)15(18)19-16(2,3)4/h5-8,14H,9-11H2,1-4H3. The van der Waals surface area contributed by atoms with Crippen molar-refractivity contribution in [2.24, 2.45) is 0 Å². The first-order valence-corrected chi connectivity index (χ1v) is 6.90. The van der Waals surface area contributed by atoms with Gasteiger partial charge in [0.1, 0.15) is 5.60 Å². The second-order valence-electron chi connectivity index (χ2n) is 6.33. The molecule has 0 aliphatic heterocycles. The van der Waals surface area contributed by atoms with Crippen LogP contribution in [0.5, 0.6) is 0 Å². The fourth-order valence-corrected chi connectivity index (χ4v) is 1.94. The Kier molecular flexibility index (Phi) is 3.83. The Morgan fingerprint density at radius 2 is 1.84 bits per heavy atom. The molecular formula is C16H23NO2. The van der Waals surface area contributed by atoms with Crippen molar-refractivity contribution in [2.75, 3.05) is 0 Å². The van der Waals surface area contributed by atoms with E-state index in [9.17, 15) is 4.79 Å². The van der Waals surface area contributed by atoms with Crippen LogP contribution in [0.15, 0.2) is 24.3 Å². The number of carbonyl (C=O) groups is 1. The number of benzene rings is 1. The molecule has 0 radical (unpaired) electrons. The molecule has 0 N–H and O–H groups in total. The Labute approximate surface area is 115 Å². The molecule has 3 heteroatoms. The predicted molar refractivity (Wildman–Crippen MR) is 76.0 cm³/mol. The molecule has 0 unspecified atom stereocenters. The zero-order chi connectivity index (χ0) is 14.0. The molecule has 0 atom stereocenters. The van der Waals surface area contributed by atoms with Gasteiger partial charge in [-0.15, -0.1) is 0 Å². The third kappa shape index (κ3) is 4.27. The predicted octanol–water partition coefficient (Wildman–Crippen LogP) is 3.89. The van der Waals surface area contributed by atoms with Crippen LogP contribution in [-0.4, -0.2) is 22.6 Å². The summed E-state index contributed by atoms with van der Waals surface area (Å²) in [5, 5.41) is 0. The van der Waals surface area contributed by atoms with Crippen LogP contribution in [0.3, 0.4) is 0 Å². The van der Waals surface area contributed by atoms with E-state index in [1.165, 1.54) is 5.56 Å². The molecule has 0 bridgehead atoms. The molecule has 0 aromatic heterocycles. The molecule has 1 aromatic rings. The molecule has 0 spiro atoms. The first kappa shape index (κ1) is 13.9. The van der Waals surface area contributed by atoms with Crippen LogP contribution >= 0.6 is 0 Å². The monoisotopic (exact) mass is 261 g/mol. The summed E-state index contributed by atoms with van der Waals surface area (Å²) in [6.07, 6.45) is 1.98. The first-order valence-electron chi connectivity index (χ1n) is 6.90. The van der Waals surface area contributed by atoms with E-state index in [-0.39, 0.29) is 6.09 Å². The highest BCUT2D eigenvalue weighted by Crippen LogP contribution is 2.29. The summed E-state index contributed by atoms with van der Waals surface area (Å²) in [6, 6.07) is 8.67. The normalized spacial score (nSPS) is 15.2. The molecule has 3 nitrogen and oxygen atoms in total. The largest absolute Gasteiger partial charge is 0.444 e. The average molecular weight is 261 g/mol. The van der Waals surface area contributed by atoms with Crippen LogP contribution in [0.2, 0.25) is 0 Å². The lowest BCUT2D eigenvalue weighted by Gasteiger charge is -2.27. The van der Waals surface area contributed by atoms with Crippen molar-refractivity contribution in [2.45, 2.75) is 58.7 Å². The van der Waals surface area contributed by atoms with E-state index in [0.717, 1.165) is 18.4 Å². The van der Waals surface area contributed by atoms with Gasteiger partial charge in [0, 0.05) is 12.6 Å². The van der Waals surface area contributed by atoms with Gasteiger partial charge in [0.2, 0.25) is 0 Å². The topological polar surface area (TPSA) is 29.5 Å². The highest BCUT2D eigenvalue weighted by Gasteiger charge is 2.35. The fraction of sp³-hybridized carbons (Fsp3) is 0.562. The van der Waals surface area contributed by atoms with Gasteiger partial charge in [0.05, 0.1) is 0 Å². The minimum absolute atomic E-state index is 0.199. The van der Waals surface area contributed by atoms with Crippen LogP contribution in [0, 0.1) is 6.92 Å². The molecule has 1 aliphatic rings. The molecule has 1 amide bonds. The Morgan fingerprint density at radius 1 is 1.26 bits per heavy atom. The van der Waals surface area contributed by atoms with Gasteiger partial charge in [-0.05, 0) is 46.1 Å². The molecule has 19 heavy (non-hydrogen) atoms. The minimum Gasteiger partial charge on any atom is -0.444 e. The van der Waals surface area contributed by atoms with Gasteiger partial charge in [0.25, 0.3) is 0 Å². The van der Waals surface area contributed by atoms with Gasteiger partial charge in [-0.1, -0.05) is 29.8 Å². The van der Waals surface area contributed by atoms with E-state index in [1.807, 2.05) is 25.7 Å². The van der Waals surface area contributed by atoms with Crippen molar-refractivity contribution in [3.05, 3.63) is 35.4 Å². The Bertz CT molecular complexity index is 441. The van der Waals surface area contributed by atoms with Crippen molar-refractivity contribution in [1.82, 2.24) is 4.90 Å². The van der Waals surface area contributed by atoms with E-state index >= 15 is 0 Å². The smallest absolute Gasteiger partial charge is 0.410 e. The van der Waals surface area contributed by atoms with E-state index in [4.69, 9.17) is 4.74 Å². The van der Waals surface area contributed by atoms with Gasteiger partial charge in [-0.3, -0.25) is 0 Å². The second kappa shape index (κ2) is 5.24. The van der Waals surface area contributed by atoms with E-state index in [2.05, 4.69) is 31.2 Å². The highest BCUT2D eigenvalue weighted by molar-refractivity contribution is 5.69. The number of amides is 1. The summed E-state index contributed by atoms with van der Waals surface area (Å²) >= 11 is 0. The lowest BCUT2D eigenvalue weighted by atomic mass is 10.1. The molecule has 1 fully saturated rings. The quantitative estimate of drug-likeness (QED) is 0.826. The minimum atomic E-state index is -0.433. The van der Waals surface area contributed by atoms with E-state index in [0.29, 0.717) is 12.6 Å². The van der Waals surface area contributed by atoms with Crippen molar-refractivity contribution < 1.29 is 9.53 Å². The zero-order valence-corrected chi connectivity index (χ0v) is 12.3. The van der Waals surface area contributed by atoms with Crippen LogP contribution < -0.4 is 0 Å². The summed E-state index contributed by atoms with van der Waals surface area (Å²) in [6.45, 7) is 8.42. The Balaban J connectivity index is 2.04. The van der Waals surface area contributed by atoms with Crippen molar-refractivity contribution >= 4 is 6.09 Å². The number of hydrogen-bond acceptors (Lipinski definition) is 2. The molecule has 2 rings (SSSR count). The van der Waals surface area contributed by atoms with Gasteiger partial charge in [0.15, 0.2) is 0 Å². The Morgan fingerprint density at radius 3 is 2.32 bits per heavy atom. The number of carbonyl (C=O) groups excluding carboxylic acids is 1. The first-order chi connectivity index (χ1) is 8.85. The molecule has 0 saturated heterocycles. The van der Waals surface area contributed by atoms with Crippen LogP contribution in [0.4, 0.5) is 4.79 Å². The maximum absolute atomic E-state index is 12.2. The van der Waals surface area contributed by atoms with E-state index < -0.39 is 5.60 Å². The summed E-state index contributed by atoms with van der Waals surface area (Å²) in [7, 11) is 0. The second-order valence-corrected chi connectivity index (χ2v) is 6.33. The Hall–Kier alpha value is -1.51. The average Bonchev–Trinajstić information content (AvgIpc) is 3.09. The van der Waals surface area contributed by atoms with Crippen LogP contribution in [0.1, 0.15) is 44.7 Å². The molecule has 104 valence electrons. The summed E-state index contributed by atoms with van der Waals surface area (Å²) in [5.74, 6) is 0. The maximum Gasteiger partial charge on any atom is 0.410 e. The molecule has 1 aromatic carbocycles. The van der Waals surface area contributed by atoms with Gasteiger partial charge in [-0.2, -0.15) is 0 Å². The van der Waals surface area contributed by atoms with Gasteiger partial charge < -0.3 is 9.64 Å². The number of hydrogen-bond donors (Lipinski definition) is 0. The third-order valence-electron chi connectivity index (χ3n) is 3.09. The lowest BCUT2D eigenvalue weighted by molar-refractivity contribution is 0.0217. The number of rotatable bonds is 3. The molecule has 1 aliphatic carbocycles. The van der Waals surface area contributed by atoms with Crippen molar-refractivity contribution in [1.29, 1.82) is 0 Å². The summed E-state index contributed by atoms with van der Waals surface area (Å²) < 4.78 is 5.48. The number of nitrogens with zero attached hydrogens (tertiary/aromatic N) is 1. The third-order valence-corrected chi connectivity index (χ3v) is 3.09. The van der Waals surface area contributed by atoms with E-state index in [1.54, 1.807) is 0 Å². The van der Waals surface area contributed by atoms with Crippen molar-refractivity contribution in [3.63, 3.8) is 0 Å². The summed E-state index contributed by atoms with van der Waals surface area (Å²) in [4.78, 5) is 14.1. The highest BCUT2D eigenvalue weighted by atomic mass is 16.6. The zero-order valence-electron chi connectivity index (χ0n) is 12.3. The van der Waals surface area contributed by atoms with Crippen LogP contribution in [-0.2, 0) is 11.3 Å². The maximum atomic E-state index is 12.2. The molecule has 1 saturated carbocycles.